The van der Waals surface area contributed by atoms with Crippen LogP contribution in [0.2, 0.25) is 0 Å². The Hall–Kier alpha value is -2.58. The van der Waals surface area contributed by atoms with Crippen LogP contribution in [-0.2, 0) is 6.42 Å². The highest BCUT2D eigenvalue weighted by molar-refractivity contribution is 7.19. The van der Waals surface area contributed by atoms with Gasteiger partial charge in [-0.05, 0) is 49.6 Å². The summed E-state index contributed by atoms with van der Waals surface area (Å²) >= 11 is 1.89. The second kappa shape index (κ2) is 6.62. The van der Waals surface area contributed by atoms with Crippen LogP contribution in [0.1, 0.15) is 28.6 Å². The first kappa shape index (κ1) is 16.9. The molecule has 1 N–H and O–H groups in total. The molecule has 0 bridgehead atoms. The van der Waals surface area contributed by atoms with Crippen molar-refractivity contribution in [2.24, 2.45) is 0 Å². The molecule has 0 aliphatic heterocycles. The van der Waals surface area contributed by atoms with Crippen molar-refractivity contribution < 1.29 is 0 Å². The highest BCUT2D eigenvalue weighted by atomic mass is 32.1. The predicted octanol–water partition coefficient (Wildman–Crippen LogP) is 7.43. The summed E-state index contributed by atoms with van der Waals surface area (Å²) in [5.41, 5.74) is 7.85. The van der Waals surface area contributed by atoms with Crippen LogP contribution in [0, 0.1) is 13.8 Å². The fourth-order valence-electron chi connectivity index (χ4n) is 3.79. The number of nitrogens with one attached hydrogen (secondary N) is 1. The lowest BCUT2D eigenvalue weighted by Crippen LogP contribution is -1.87. The van der Waals surface area contributed by atoms with Crippen molar-refractivity contribution in [1.29, 1.82) is 0 Å². The molecule has 0 amide bonds. The third-order valence-corrected chi connectivity index (χ3v) is 6.12. The summed E-state index contributed by atoms with van der Waals surface area (Å²) in [7, 11) is 0. The lowest BCUT2D eigenvalue weighted by Gasteiger charge is -2.07. The molecule has 0 spiro atoms. The van der Waals surface area contributed by atoms with E-state index in [1.54, 1.807) is 0 Å². The van der Waals surface area contributed by atoms with Gasteiger partial charge in [0, 0.05) is 42.7 Å². The number of benzene rings is 2. The molecule has 2 heteroatoms. The van der Waals surface area contributed by atoms with Gasteiger partial charge in [-0.1, -0.05) is 49.9 Å². The fraction of sp³-hybridized carbons (Fsp3) is 0.167. The lowest BCUT2D eigenvalue weighted by molar-refractivity contribution is 1.08. The maximum absolute atomic E-state index is 3.80. The van der Waals surface area contributed by atoms with E-state index < -0.39 is 0 Å². The second-order valence-electron chi connectivity index (χ2n) is 6.71. The zero-order valence-corrected chi connectivity index (χ0v) is 16.3. The number of aromatic amines is 1. The zero-order chi connectivity index (χ0) is 18.3. The Morgan fingerprint density at radius 1 is 1.08 bits per heavy atom. The molecule has 0 saturated carbocycles. The summed E-state index contributed by atoms with van der Waals surface area (Å²) in [6.45, 7) is 10.4. The molecular formula is C24H23NS. The van der Waals surface area contributed by atoms with Crippen molar-refractivity contribution in [2.75, 3.05) is 0 Å². The number of fused-ring (bicyclic) bond motifs is 2. The summed E-state index contributed by atoms with van der Waals surface area (Å²) < 4.78 is 1.36. The molecule has 0 aliphatic carbocycles. The minimum absolute atomic E-state index is 0.996. The summed E-state index contributed by atoms with van der Waals surface area (Å²) in [4.78, 5) is 5.01. The van der Waals surface area contributed by atoms with Gasteiger partial charge in [-0.25, -0.2) is 0 Å². The third-order valence-electron chi connectivity index (χ3n) is 5.05. The normalized spacial score (nSPS) is 11.8. The molecule has 2 aromatic heterocycles. The van der Waals surface area contributed by atoms with Crippen molar-refractivity contribution in [1.82, 2.24) is 4.98 Å². The number of rotatable bonds is 4. The van der Waals surface area contributed by atoms with Crippen molar-refractivity contribution in [3.05, 3.63) is 76.8 Å². The van der Waals surface area contributed by atoms with Crippen molar-refractivity contribution in [3.8, 4) is 11.1 Å². The van der Waals surface area contributed by atoms with Gasteiger partial charge in [0.1, 0.15) is 0 Å². The molecule has 0 saturated heterocycles. The van der Waals surface area contributed by atoms with E-state index in [0.29, 0.717) is 0 Å². The highest BCUT2D eigenvalue weighted by Crippen LogP contribution is 2.44. The molecule has 4 aromatic rings. The number of hydrogen-bond acceptors (Lipinski definition) is 1. The number of para-hydroxylation sites is 1. The summed E-state index contributed by atoms with van der Waals surface area (Å²) in [6.07, 6.45) is 6.99. The monoisotopic (exact) mass is 357 g/mol. The molecule has 0 fully saturated rings. The Balaban J connectivity index is 2.07. The molecule has 4 rings (SSSR count). The van der Waals surface area contributed by atoms with Crippen LogP contribution < -0.4 is 0 Å². The Kier molecular flexibility index (Phi) is 4.29. The third kappa shape index (κ3) is 2.62. The van der Waals surface area contributed by atoms with Crippen LogP contribution in [0.5, 0.6) is 0 Å². The molecular weight excluding hydrogens is 334 g/mol. The summed E-state index contributed by atoms with van der Waals surface area (Å²) in [5.74, 6) is 0. The van der Waals surface area contributed by atoms with Crippen LogP contribution in [0.25, 0.3) is 38.2 Å². The zero-order valence-electron chi connectivity index (χ0n) is 15.5. The molecule has 2 aromatic carbocycles. The van der Waals surface area contributed by atoms with Crippen LogP contribution in [-0.4, -0.2) is 4.98 Å². The molecule has 130 valence electrons. The van der Waals surface area contributed by atoms with Gasteiger partial charge in [0.15, 0.2) is 0 Å². The van der Waals surface area contributed by atoms with Gasteiger partial charge in [0.05, 0.1) is 0 Å². The van der Waals surface area contributed by atoms with E-state index in [1.807, 2.05) is 23.5 Å². The molecule has 0 aliphatic rings. The maximum Gasteiger partial charge on any atom is 0.0462 e. The quantitative estimate of drug-likeness (QED) is 0.366. The molecule has 26 heavy (non-hydrogen) atoms. The van der Waals surface area contributed by atoms with Crippen molar-refractivity contribution >= 4 is 38.4 Å². The topological polar surface area (TPSA) is 15.8 Å². The highest BCUT2D eigenvalue weighted by Gasteiger charge is 2.19. The predicted molar refractivity (Wildman–Crippen MR) is 117 cm³/mol. The molecule has 2 heterocycles. The first-order chi connectivity index (χ1) is 12.6. The minimum atomic E-state index is 0.996. The van der Waals surface area contributed by atoms with E-state index in [1.165, 1.54) is 53.8 Å². The number of allylic oxidation sites excluding steroid dienone is 2. The van der Waals surface area contributed by atoms with Gasteiger partial charge in [-0.15, -0.1) is 11.3 Å². The Morgan fingerprint density at radius 2 is 1.88 bits per heavy atom. The van der Waals surface area contributed by atoms with E-state index in [-0.39, 0.29) is 0 Å². The SMILES string of the molecule is C=C/C=C\c1cc2c(-c3c(CC)[nH]c4ccccc34)c(C)sc2cc1C. The fourth-order valence-corrected chi connectivity index (χ4v) is 4.94. The van der Waals surface area contributed by atoms with Gasteiger partial charge in [0.25, 0.3) is 0 Å². The molecule has 0 radical (unpaired) electrons. The van der Waals surface area contributed by atoms with Crippen molar-refractivity contribution in [3.63, 3.8) is 0 Å². The van der Waals surface area contributed by atoms with Crippen LogP contribution in [0.15, 0.2) is 55.1 Å². The smallest absolute Gasteiger partial charge is 0.0462 e. The lowest BCUT2D eigenvalue weighted by atomic mass is 9.96. The largest absolute Gasteiger partial charge is 0.358 e. The molecule has 1 nitrogen and oxygen atoms in total. The van der Waals surface area contributed by atoms with Gasteiger partial charge in [-0.3, -0.25) is 0 Å². The summed E-state index contributed by atoms with van der Waals surface area (Å²) in [5, 5.41) is 2.66. The minimum Gasteiger partial charge on any atom is -0.358 e. The van der Waals surface area contributed by atoms with Gasteiger partial charge in [0.2, 0.25) is 0 Å². The van der Waals surface area contributed by atoms with Gasteiger partial charge in [-0.2, -0.15) is 0 Å². The number of thiophene rings is 1. The van der Waals surface area contributed by atoms with Crippen LogP contribution in [0.3, 0.4) is 0 Å². The van der Waals surface area contributed by atoms with E-state index in [2.05, 4.69) is 74.8 Å². The van der Waals surface area contributed by atoms with E-state index in [4.69, 9.17) is 0 Å². The number of aryl methyl sites for hydroxylation is 3. The van der Waals surface area contributed by atoms with Gasteiger partial charge >= 0.3 is 0 Å². The van der Waals surface area contributed by atoms with Crippen molar-refractivity contribution in [2.45, 2.75) is 27.2 Å². The molecule has 0 unspecified atom stereocenters. The average molecular weight is 358 g/mol. The van der Waals surface area contributed by atoms with E-state index in [9.17, 15) is 0 Å². The standard InChI is InChI=1S/C24H23NS/c1-5-7-10-17-14-19-22(13-15(17)3)26-16(4)23(19)24-18-11-8-9-12-21(18)25-20(24)6-2/h5,7-14,25H,1,6H2,2-4H3/b10-7-. The Labute approximate surface area is 158 Å². The number of aromatic nitrogens is 1. The van der Waals surface area contributed by atoms with Crippen LogP contribution in [0.4, 0.5) is 0 Å². The first-order valence-electron chi connectivity index (χ1n) is 9.06. The second-order valence-corrected chi connectivity index (χ2v) is 7.97. The van der Waals surface area contributed by atoms with Crippen LogP contribution >= 0.6 is 11.3 Å². The Bertz CT molecular complexity index is 1150. The van der Waals surface area contributed by atoms with Gasteiger partial charge < -0.3 is 4.98 Å². The average Bonchev–Trinajstić information content (AvgIpc) is 3.15. The number of H-pyrrole nitrogens is 1. The summed E-state index contributed by atoms with van der Waals surface area (Å²) in [6, 6.07) is 13.3. The molecule has 0 atom stereocenters. The Morgan fingerprint density at radius 3 is 2.65 bits per heavy atom. The van der Waals surface area contributed by atoms with E-state index >= 15 is 0 Å². The first-order valence-corrected chi connectivity index (χ1v) is 9.88. The maximum atomic E-state index is 3.80. The number of hydrogen-bond donors (Lipinski definition) is 1. The van der Waals surface area contributed by atoms with E-state index in [0.717, 1.165) is 6.42 Å².